The van der Waals surface area contributed by atoms with Crippen molar-refractivity contribution in [1.29, 1.82) is 0 Å². The molecule has 1 saturated carbocycles. The average molecular weight is 270 g/mol. The van der Waals surface area contributed by atoms with Gasteiger partial charge < -0.3 is 9.73 Å². The fourth-order valence-corrected chi connectivity index (χ4v) is 2.63. The van der Waals surface area contributed by atoms with Gasteiger partial charge in [0.25, 0.3) is 5.91 Å². The molecule has 1 aliphatic rings. The van der Waals surface area contributed by atoms with Crippen LogP contribution in [0.2, 0.25) is 0 Å². The largest absolute Gasteiger partial charge is 0.451 e. The van der Waals surface area contributed by atoms with E-state index < -0.39 is 0 Å². The Bertz CT molecular complexity index is 571. The smallest absolute Gasteiger partial charge is 0.287 e. The number of carbonyl (C=O) groups excluding carboxylic acids is 1. The predicted molar refractivity (Wildman–Crippen MR) is 76.3 cm³/mol. The molecule has 1 aliphatic carbocycles. The van der Waals surface area contributed by atoms with Crippen LogP contribution in [0.25, 0.3) is 11.3 Å². The number of carbonyl (C=O) groups is 1. The van der Waals surface area contributed by atoms with Gasteiger partial charge in [0, 0.05) is 24.0 Å². The molecule has 1 N–H and O–H groups in total. The van der Waals surface area contributed by atoms with Gasteiger partial charge in [-0.3, -0.25) is 9.78 Å². The quantitative estimate of drug-likeness (QED) is 0.930. The van der Waals surface area contributed by atoms with Crippen molar-refractivity contribution in [1.82, 2.24) is 10.3 Å². The standard InChI is InChI=1S/C16H18N2O2/c19-16(18-13-6-2-1-3-7-13)15-9-8-14(20-15)12-5-4-10-17-11-12/h4-5,8-11,13H,1-3,6-7H2,(H,18,19). The van der Waals surface area contributed by atoms with Gasteiger partial charge in [0.15, 0.2) is 5.76 Å². The molecule has 0 spiro atoms. The highest BCUT2D eigenvalue weighted by atomic mass is 16.3. The van der Waals surface area contributed by atoms with Crippen LogP contribution >= 0.6 is 0 Å². The summed E-state index contributed by atoms with van der Waals surface area (Å²) in [6, 6.07) is 7.59. The van der Waals surface area contributed by atoms with Gasteiger partial charge in [0.2, 0.25) is 0 Å². The van der Waals surface area contributed by atoms with Crippen LogP contribution < -0.4 is 5.32 Å². The molecule has 2 aromatic rings. The van der Waals surface area contributed by atoms with Crippen molar-refractivity contribution in [2.24, 2.45) is 0 Å². The number of rotatable bonds is 3. The molecule has 20 heavy (non-hydrogen) atoms. The first kappa shape index (κ1) is 12.9. The van der Waals surface area contributed by atoms with Crippen molar-refractivity contribution < 1.29 is 9.21 Å². The van der Waals surface area contributed by atoms with Gasteiger partial charge in [-0.2, -0.15) is 0 Å². The number of amides is 1. The van der Waals surface area contributed by atoms with E-state index in [9.17, 15) is 4.79 Å². The molecule has 2 aromatic heterocycles. The third-order valence-corrected chi connectivity index (χ3v) is 3.72. The molecule has 4 nitrogen and oxygen atoms in total. The Kier molecular flexibility index (Phi) is 3.81. The minimum Gasteiger partial charge on any atom is -0.451 e. The molecule has 1 fully saturated rings. The Labute approximate surface area is 118 Å². The average Bonchev–Trinajstić information content (AvgIpc) is 2.99. The molecule has 1 amide bonds. The minimum absolute atomic E-state index is 0.118. The zero-order valence-corrected chi connectivity index (χ0v) is 11.3. The summed E-state index contributed by atoms with van der Waals surface area (Å²) in [7, 11) is 0. The van der Waals surface area contributed by atoms with E-state index in [4.69, 9.17) is 4.42 Å². The van der Waals surface area contributed by atoms with Gasteiger partial charge in [-0.15, -0.1) is 0 Å². The van der Waals surface area contributed by atoms with Crippen LogP contribution in [0.15, 0.2) is 41.1 Å². The molecule has 104 valence electrons. The van der Waals surface area contributed by atoms with Crippen LogP contribution in [0.5, 0.6) is 0 Å². The van der Waals surface area contributed by atoms with Gasteiger partial charge >= 0.3 is 0 Å². The van der Waals surface area contributed by atoms with E-state index in [1.807, 2.05) is 18.2 Å². The zero-order chi connectivity index (χ0) is 13.8. The molecule has 2 heterocycles. The molecule has 3 rings (SSSR count). The summed E-state index contributed by atoms with van der Waals surface area (Å²) in [5.41, 5.74) is 0.879. The zero-order valence-electron chi connectivity index (χ0n) is 11.3. The highest BCUT2D eigenvalue weighted by Gasteiger charge is 2.18. The summed E-state index contributed by atoms with van der Waals surface area (Å²) in [6.07, 6.45) is 9.25. The predicted octanol–water partition coefficient (Wildman–Crippen LogP) is 3.40. The minimum atomic E-state index is -0.118. The SMILES string of the molecule is O=C(NC1CCCCC1)c1ccc(-c2cccnc2)o1. The van der Waals surface area contributed by atoms with Gasteiger partial charge in [0.1, 0.15) is 5.76 Å². The molecule has 0 radical (unpaired) electrons. The molecule has 0 unspecified atom stereocenters. The third-order valence-electron chi connectivity index (χ3n) is 3.72. The maximum Gasteiger partial charge on any atom is 0.287 e. The normalized spacial score (nSPS) is 16.0. The molecule has 0 aliphatic heterocycles. The number of furan rings is 1. The Balaban J connectivity index is 1.68. The van der Waals surface area contributed by atoms with Crippen LogP contribution in [0.1, 0.15) is 42.7 Å². The van der Waals surface area contributed by atoms with Gasteiger partial charge in [-0.25, -0.2) is 0 Å². The van der Waals surface area contributed by atoms with Crippen LogP contribution in [-0.2, 0) is 0 Å². The summed E-state index contributed by atoms with van der Waals surface area (Å²) in [4.78, 5) is 16.2. The Morgan fingerprint density at radius 3 is 2.80 bits per heavy atom. The summed E-state index contributed by atoms with van der Waals surface area (Å²) in [6.45, 7) is 0. The number of pyridine rings is 1. The lowest BCUT2D eigenvalue weighted by atomic mass is 9.95. The highest BCUT2D eigenvalue weighted by Crippen LogP contribution is 2.22. The maximum atomic E-state index is 12.1. The lowest BCUT2D eigenvalue weighted by Gasteiger charge is -2.22. The molecular formula is C16H18N2O2. The number of nitrogens with one attached hydrogen (secondary N) is 1. The second-order valence-corrected chi connectivity index (χ2v) is 5.21. The Morgan fingerprint density at radius 1 is 1.20 bits per heavy atom. The summed E-state index contributed by atoms with van der Waals surface area (Å²) < 4.78 is 5.62. The second kappa shape index (κ2) is 5.90. The lowest BCUT2D eigenvalue weighted by molar-refractivity contribution is 0.0900. The highest BCUT2D eigenvalue weighted by molar-refractivity contribution is 5.92. The maximum absolute atomic E-state index is 12.1. The first-order valence-corrected chi connectivity index (χ1v) is 7.14. The molecule has 0 aromatic carbocycles. The number of nitrogens with zero attached hydrogens (tertiary/aromatic N) is 1. The van der Waals surface area contributed by atoms with Crippen LogP contribution in [0.4, 0.5) is 0 Å². The third kappa shape index (κ3) is 2.90. The van der Waals surface area contributed by atoms with E-state index in [-0.39, 0.29) is 5.91 Å². The summed E-state index contributed by atoms with van der Waals surface area (Å²) in [5, 5.41) is 3.05. The van der Waals surface area contributed by atoms with Crippen molar-refractivity contribution in [3.8, 4) is 11.3 Å². The van der Waals surface area contributed by atoms with Crippen molar-refractivity contribution in [3.63, 3.8) is 0 Å². The fraction of sp³-hybridized carbons (Fsp3) is 0.375. The Hall–Kier alpha value is -2.10. The van der Waals surface area contributed by atoms with E-state index in [2.05, 4.69) is 10.3 Å². The fourth-order valence-electron chi connectivity index (χ4n) is 2.63. The van der Waals surface area contributed by atoms with Gasteiger partial charge in [-0.05, 0) is 37.1 Å². The first-order chi connectivity index (χ1) is 9.83. The molecule has 0 saturated heterocycles. The van der Waals surface area contributed by atoms with Crippen molar-refractivity contribution in [2.45, 2.75) is 38.1 Å². The number of aromatic nitrogens is 1. The van der Waals surface area contributed by atoms with E-state index >= 15 is 0 Å². The van der Waals surface area contributed by atoms with Crippen LogP contribution in [0.3, 0.4) is 0 Å². The lowest BCUT2D eigenvalue weighted by Crippen LogP contribution is -2.35. The number of hydrogen-bond donors (Lipinski definition) is 1. The van der Waals surface area contributed by atoms with Crippen molar-refractivity contribution >= 4 is 5.91 Å². The summed E-state index contributed by atoms with van der Waals surface area (Å²) >= 11 is 0. The topological polar surface area (TPSA) is 55.1 Å². The molecular weight excluding hydrogens is 252 g/mol. The van der Waals surface area contributed by atoms with E-state index in [0.717, 1.165) is 18.4 Å². The molecule has 4 heteroatoms. The first-order valence-electron chi connectivity index (χ1n) is 7.14. The second-order valence-electron chi connectivity index (χ2n) is 5.21. The van der Waals surface area contributed by atoms with E-state index in [1.54, 1.807) is 18.5 Å². The van der Waals surface area contributed by atoms with Crippen molar-refractivity contribution in [3.05, 3.63) is 42.4 Å². The summed E-state index contributed by atoms with van der Waals surface area (Å²) in [5.74, 6) is 0.924. The monoisotopic (exact) mass is 270 g/mol. The molecule has 0 bridgehead atoms. The number of hydrogen-bond acceptors (Lipinski definition) is 3. The Morgan fingerprint density at radius 2 is 2.05 bits per heavy atom. The van der Waals surface area contributed by atoms with Gasteiger partial charge in [-0.1, -0.05) is 19.3 Å². The van der Waals surface area contributed by atoms with Crippen LogP contribution in [0, 0.1) is 0 Å². The van der Waals surface area contributed by atoms with E-state index in [0.29, 0.717) is 17.6 Å². The van der Waals surface area contributed by atoms with E-state index in [1.165, 1.54) is 19.3 Å². The molecule has 0 atom stereocenters. The van der Waals surface area contributed by atoms with Crippen LogP contribution in [-0.4, -0.2) is 16.9 Å². The van der Waals surface area contributed by atoms with Crippen molar-refractivity contribution in [2.75, 3.05) is 0 Å². The van der Waals surface area contributed by atoms with Gasteiger partial charge in [0.05, 0.1) is 0 Å².